The molecule has 5 nitrogen and oxygen atoms in total. The predicted octanol–water partition coefficient (Wildman–Crippen LogP) is 0.663. The summed E-state index contributed by atoms with van der Waals surface area (Å²) in [5, 5.41) is 8.91. The molecule has 1 rings (SSSR count). The molecule has 0 saturated heterocycles. The third kappa shape index (κ3) is 2.65. The summed E-state index contributed by atoms with van der Waals surface area (Å²) in [4.78, 5) is 26.3. The molecular weight excluding hydrogens is 196 g/mol. The summed E-state index contributed by atoms with van der Waals surface area (Å²) in [6.45, 7) is 4.98. The first-order valence-electron chi connectivity index (χ1n) is 4.59. The lowest BCUT2D eigenvalue weighted by molar-refractivity contribution is -0.147. The monoisotopic (exact) mass is 210 g/mol. The van der Waals surface area contributed by atoms with Gasteiger partial charge in [0.2, 0.25) is 0 Å². The molecule has 0 amide bonds. The lowest BCUT2D eigenvalue weighted by Gasteiger charge is -2.19. The average molecular weight is 210 g/mol. The zero-order chi connectivity index (χ0) is 11.6. The van der Waals surface area contributed by atoms with E-state index >= 15 is 0 Å². The van der Waals surface area contributed by atoms with Gasteiger partial charge in [0.05, 0.1) is 11.7 Å². The van der Waals surface area contributed by atoms with Gasteiger partial charge in [0.15, 0.2) is 0 Å². The van der Waals surface area contributed by atoms with Crippen LogP contribution in [-0.2, 0) is 11.3 Å². The Labute approximate surface area is 87.4 Å². The summed E-state index contributed by atoms with van der Waals surface area (Å²) < 4.78 is 1.31. The van der Waals surface area contributed by atoms with Crippen molar-refractivity contribution >= 4 is 5.97 Å². The number of hydrogen-bond acceptors (Lipinski definition) is 3. The van der Waals surface area contributed by atoms with E-state index in [1.165, 1.54) is 17.0 Å². The number of rotatable bonds is 3. The summed E-state index contributed by atoms with van der Waals surface area (Å²) in [5.41, 5.74) is -0.568. The van der Waals surface area contributed by atoms with Crippen LogP contribution in [-0.4, -0.2) is 20.6 Å². The highest BCUT2D eigenvalue weighted by Gasteiger charge is 2.27. The maximum absolute atomic E-state index is 11.5. The fourth-order valence-corrected chi connectivity index (χ4v) is 1.13. The van der Waals surface area contributed by atoms with Crippen LogP contribution in [0.2, 0.25) is 0 Å². The van der Waals surface area contributed by atoms with Gasteiger partial charge in [-0.2, -0.15) is 0 Å². The Hall–Kier alpha value is -1.65. The van der Waals surface area contributed by atoms with E-state index in [0.717, 1.165) is 0 Å². The third-order valence-corrected chi connectivity index (χ3v) is 2.16. The van der Waals surface area contributed by atoms with Crippen molar-refractivity contribution in [2.75, 3.05) is 0 Å². The first-order chi connectivity index (χ1) is 6.83. The Morgan fingerprint density at radius 1 is 1.60 bits per heavy atom. The Kier molecular flexibility index (Phi) is 2.93. The van der Waals surface area contributed by atoms with Crippen molar-refractivity contribution in [3.8, 4) is 0 Å². The number of carboxylic acid groups (broad SMARTS) is 1. The standard InChI is InChI=1S/C10H14N2O3/c1-7-4-8(13)12(6-11-7)5-10(2,3)9(14)15/h4,6H,5H2,1-3H3,(H,14,15). The molecule has 0 spiro atoms. The Bertz CT molecular complexity index is 435. The van der Waals surface area contributed by atoms with Gasteiger partial charge in [-0.05, 0) is 20.8 Å². The highest BCUT2D eigenvalue weighted by Crippen LogP contribution is 2.16. The molecule has 0 aliphatic rings. The van der Waals surface area contributed by atoms with Crippen molar-refractivity contribution in [1.29, 1.82) is 0 Å². The van der Waals surface area contributed by atoms with E-state index < -0.39 is 11.4 Å². The van der Waals surface area contributed by atoms with E-state index in [4.69, 9.17) is 5.11 Å². The molecule has 1 heterocycles. The Balaban J connectivity index is 3.00. The first-order valence-corrected chi connectivity index (χ1v) is 4.59. The minimum atomic E-state index is -0.971. The van der Waals surface area contributed by atoms with Gasteiger partial charge < -0.3 is 5.11 Å². The predicted molar refractivity (Wildman–Crippen MR) is 54.7 cm³/mol. The van der Waals surface area contributed by atoms with Gasteiger partial charge in [0, 0.05) is 18.3 Å². The van der Waals surface area contributed by atoms with Gasteiger partial charge in [-0.15, -0.1) is 0 Å². The smallest absolute Gasteiger partial charge is 0.310 e. The minimum absolute atomic E-state index is 0.119. The number of hydrogen-bond donors (Lipinski definition) is 1. The molecule has 15 heavy (non-hydrogen) atoms. The molecule has 5 heteroatoms. The molecule has 0 unspecified atom stereocenters. The molecule has 0 aromatic carbocycles. The fourth-order valence-electron chi connectivity index (χ4n) is 1.13. The van der Waals surface area contributed by atoms with Crippen LogP contribution in [0.4, 0.5) is 0 Å². The second-order valence-electron chi connectivity index (χ2n) is 4.19. The van der Waals surface area contributed by atoms with E-state index in [2.05, 4.69) is 4.98 Å². The van der Waals surface area contributed by atoms with Gasteiger partial charge >= 0.3 is 5.97 Å². The second kappa shape index (κ2) is 3.84. The van der Waals surface area contributed by atoms with Gasteiger partial charge in [0.25, 0.3) is 5.56 Å². The molecule has 0 atom stereocenters. The average Bonchev–Trinajstić information content (AvgIpc) is 2.09. The van der Waals surface area contributed by atoms with E-state index in [9.17, 15) is 9.59 Å². The summed E-state index contributed by atoms with van der Waals surface area (Å²) in [6.07, 6.45) is 1.38. The van der Waals surface area contributed by atoms with Crippen LogP contribution in [0.1, 0.15) is 19.5 Å². The maximum atomic E-state index is 11.5. The molecule has 0 bridgehead atoms. The number of aliphatic carboxylic acids is 1. The number of aryl methyl sites for hydroxylation is 1. The van der Waals surface area contributed by atoms with Crippen molar-refractivity contribution in [3.63, 3.8) is 0 Å². The zero-order valence-corrected chi connectivity index (χ0v) is 9.02. The van der Waals surface area contributed by atoms with Crippen molar-refractivity contribution in [3.05, 3.63) is 28.4 Å². The fraction of sp³-hybridized carbons (Fsp3) is 0.500. The number of carbonyl (C=O) groups is 1. The van der Waals surface area contributed by atoms with Crippen LogP contribution >= 0.6 is 0 Å². The molecule has 1 aromatic heterocycles. The van der Waals surface area contributed by atoms with Gasteiger partial charge in [-0.1, -0.05) is 0 Å². The quantitative estimate of drug-likeness (QED) is 0.795. The van der Waals surface area contributed by atoms with E-state index in [1.54, 1.807) is 20.8 Å². The first kappa shape index (κ1) is 11.4. The highest BCUT2D eigenvalue weighted by atomic mass is 16.4. The van der Waals surface area contributed by atoms with Crippen LogP contribution in [0, 0.1) is 12.3 Å². The Morgan fingerprint density at radius 3 is 2.67 bits per heavy atom. The van der Waals surface area contributed by atoms with Gasteiger partial charge in [-0.3, -0.25) is 14.2 Å². The van der Waals surface area contributed by atoms with Gasteiger partial charge in [-0.25, -0.2) is 4.98 Å². The molecule has 82 valence electrons. The Morgan fingerprint density at radius 2 is 2.20 bits per heavy atom. The number of aromatic nitrogens is 2. The molecule has 0 saturated carbocycles. The lowest BCUT2D eigenvalue weighted by Crippen LogP contribution is -2.34. The topological polar surface area (TPSA) is 72.2 Å². The number of carboxylic acids is 1. The van der Waals surface area contributed by atoms with Gasteiger partial charge in [0.1, 0.15) is 0 Å². The van der Waals surface area contributed by atoms with E-state index in [1.807, 2.05) is 0 Å². The van der Waals surface area contributed by atoms with Crippen LogP contribution in [0.3, 0.4) is 0 Å². The number of nitrogens with zero attached hydrogens (tertiary/aromatic N) is 2. The lowest BCUT2D eigenvalue weighted by atomic mass is 9.94. The summed E-state index contributed by atoms with van der Waals surface area (Å²) in [7, 11) is 0. The molecule has 0 radical (unpaired) electrons. The maximum Gasteiger partial charge on any atom is 0.310 e. The minimum Gasteiger partial charge on any atom is -0.481 e. The van der Waals surface area contributed by atoms with Crippen LogP contribution < -0.4 is 5.56 Å². The molecule has 1 aromatic rings. The van der Waals surface area contributed by atoms with Crippen LogP contribution in [0.25, 0.3) is 0 Å². The molecule has 0 aliphatic carbocycles. The SMILES string of the molecule is Cc1cc(=O)n(CC(C)(C)C(=O)O)cn1. The summed E-state index contributed by atoms with van der Waals surface area (Å²) >= 11 is 0. The second-order valence-corrected chi connectivity index (χ2v) is 4.19. The normalized spacial score (nSPS) is 11.4. The van der Waals surface area contributed by atoms with Crippen LogP contribution in [0.5, 0.6) is 0 Å². The van der Waals surface area contributed by atoms with Crippen LogP contribution in [0.15, 0.2) is 17.2 Å². The van der Waals surface area contributed by atoms with Crippen molar-refractivity contribution in [2.45, 2.75) is 27.3 Å². The molecule has 0 aliphatic heterocycles. The summed E-state index contributed by atoms with van der Waals surface area (Å²) in [5.74, 6) is -0.935. The van der Waals surface area contributed by atoms with Crippen molar-refractivity contribution < 1.29 is 9.90 Å². The highest BCUT2D eigenvalue weighted by molar-refractivity contribution is 5.73. The van der Waals surface area contributed by atoms with E-state index in [-0.39, 0.29) is 12.1 Å². The largest absolute Gasteiger partial charge is 0.481 e. The third-order valence-electron chi connectivity index (χ3n) is 2.16. The molecular formula is C10H14N2O3. The zero-order valence-electron chi connectivity index (χ0n) is 9.02. The summed E-state index contributed by atoms with van der Waals surface area (Å²) in [6, 6.07) is 1.39. The van der Waals surface area contributed by atoms with Crippen molar-refractivity contribution in [1.82, 2.24) is 9.55 Å². The van der Waals surface area contributed by atoms with Crippen molar-refractivity contribution in [2.24, 2.45) is 5.41 Å². The molecule has 0 fully saturated rings. The van der Waals surface area contributed by atoms with E-state index in [0.29, 0.717) is 5.69 Å². The molecule has 1 N–H and O–H groups in total.